The first-order valence-corrected chi connectivity index (χ1v) is 5.22. The van der Waals surface area contributed by atoms with Crippen LogP contribution in [0.15, 0.2) is 24.0 Å². The Balaban J connectivity index is 2.49. The van der Waals surface area contributed by atoms with E-state index < -0.39 is 0 Å². The second-order valence-electron chi connectivity index (χ2n) is 3.75. The van der Waals surface area contributed by atoms with Crippen LogP contribution in [0.1, 0.15) is 15.9 Å². The molecule has 0 saturated carbocycles. The van der Waals surface area contributed by atoms with E-state index in [1.54, 1.807) is 20.3 Å². The molecule has 4 nitrogen and oxygen atoms in total. The molecule has 1 aromatic rings. The molecule has 0 amide bonds. The molecule has 0 saturated heterocycles. The van der Waals surface area contributed by atoms with E-state index >= 15 is 0 Å². The number of Topliss-reactive ketones (excluding diaryl/α,β-unsaturated/α-hetero) is 1. The summed E-state index contributed by atoms with van der Waals surface area (Å²) in [5, 5.41) is 0. The number of hydrogen-bond acceptors (Lipinski definition) is 4. The molecule has 1 aliphatic rings. The van der Waals surface area contributed by atoms with E-state index in [-0.39, 0.29) is 5.78 Å². The highest BCUT2D eigenvalue weighted by molar-refractivity contribution is 6.13. The van der Waals surface area contributed by atoms with Gasteiger partial charge in [-0.1, -0.05) is 0 Å². The zero-order valence-electron chi connectivity index (χ0n) is 10.1. The van der Waals surface area contributed by atoms with Crippen molar-refractivity contribution in [1.82, 2.24) is 0 Å². The van der Waals surface area contributed by atoms with Crippen molar-refractivity contribution >= 4 is 5.78 Å². The second kappa shape index (κ2) is 4.49. The SMILES string of the molecule is COC=C1Cc2cc(OC)c(OC)cc2C1=O. The average Bonchev–Trinajstić information content (AvgIpc) is 2.65. The maximum Gasteiger partial charge on any atom is 0.192 e. The van der Waals surface area contributed by atoms with E-state index in [2.05, 4.69) is 0 Å². The fraction of sp³-hybridized carbons (Fsp3) is 0.308. The number of allylic oxidation sites excluding steroid dienone is 1. The summed E-state index contributed by atoms with van der Waals surface area (Å²) >= 11 is 0. The van der Waals surface area contributed by atoms with Gasteiger partial charge in [-0.25, -0.2) is 0 Å². The van der Waals surface area contributed by atoms with Gasteiger partial charge in [-0.15, -0.1) is 0 Å². The van der Waals surface area contributed by atoms with Crippen molar-refractivity contribution in [2.24, 2.45) is 0 Å². The maximum absolute atomic E-state index is 12.0. The van der Waals surface area contributed by atoms with E-state index in [0.29, 0.717) is 29.1 Å². The minimum absolute atomic E-state index is 0.0113. The molecule has 2 rings (SSSR count). The summed E-state index contributed by atoms with van der Waals surface area (Å²) in [4.78, 5) is 12.0. The molecule has 0 aromatic heterocycles. The van der Waals surface area contributed by atoms with Gasteiger partial charge in [0.1, 0.15) is 0 Å². The van der Waals surface area contributed by atoms with Crippen LogP contribution in [0.4, 0.5) is 0 Å². The number of carbonyl (C=O) groups excluding carboxylic acids is 1. The summed E-state index contributed by atoms with van der Waals surface area (Å²) in [7, 11) is 4.66. The lowest BCUT2D eigenvalue weighted by Gasteiger charge is -2.08. The van der Waals surface area contributed by atoms with Crippen LogP contribution >= 0.6 is 0 Å². The van der Waals surface area contributed by atoms with Gasteiger partial charge in [-0.05, 0) is 17.7 Å². The molecule has 0 unspecified atom stereocenters. The standard InChI is InChI=1S/C13H14O4/c1-15-7-9-4-8-5-11(16-2)12(17-3)6-10(8)13(9)14/h5-7H,4H2,1-3H3. The molecule has 0 heterocycles. The van der Waals surface area contributed by atoms with E-state index in [1.165, 1.54) is 13.4 Å². The van der Waals surface area contributed by atoms with E-state index in [9.17, 15) is 4.79 Å². The Bertz CT molecular complexity index is 488. The molecule has 0 aliphatic heterocycles. The van der Waals surface area contributed by atoms with Gasteiger partial charge in [0.05, 0.1) is 27.6 Å². The monoisotopic (exact) mass is 234 g/mol. The van der Waals surface area contributed by atoms with Gasteiger partial charge in [0.2, 0.25) is 0 Å². The molecule has 4 heteroatoms. The van der Waals surface area contributed by atoms with Gasteiger partial charge < -0.3 is 14.2 Å². The van der Waals surface area contributed by atoms with Crippen molar-refractivity contribution in [2.45, 2.75) is 6.42 Å². The summed E-state index contributed by atoms with van der Waals surface area (Å²) in [6, 6.07) is 3.55. The number of rotatable bonds is 3. The highest BCUT2D eigenvalue weighted by Crippen LogP contribution is 2.36. The number of methoxy groups -OCH3 is 3. The Labute approximate surface area is 99.8 Å². The lowest BCUT2D eigenvalue weighted by Crippen LogP contribution is -1.97. The molecule has 0 N–H and O–H groups in total. The third-order valence-corrected chi connectivity index (χ3v) is 2.79. The first kappa shape index (κ1) is 11.5. The molecule has 0 bridgehead atoms. The van der Waals surface area contributed by atoms with Crippen molar-refractivity contribution in [3.8, 4) is 11.5 Å². The molecule has 17 heavy (non-hydrogen) atoms. The average molecular weight is 234 g/mol. The van der Waals surface area contributed by atoms with Crippen LogP contribution in [-0.4, -0.2) is 27.1 Å². The third kappa shape index (κ3) is 1.86. The van der Waals surface area contributed by atoms with Crippen molar-refractivity contribution in [1.29, 1.82) is 0 Å². The maximum atomic E-state index is 12.0. The first-order chi connectivity index (χ1) is 8.21. The summed E-state index contributed by atoms with van der Waals surface area (Å²) in [6.07, 6.45) is 2.06. The summed E-state index contributed by atoms with van der Waals surface area (Å²) in [5.74, 6) is 1.19. The van der Waals surface area contributed by atoms with Crippen LogP contribution < -0.4 is 9.47 Å². The van der Waals surface area contributed by atoms with Crippen molar-refractivity contribution in [2.75, 3.05) is 21.3 Å². The van der Waals surface area contributed by atoms with Gasteiger partial charge in [-0.3, -0.25) is 4.79 Å². The lowest BCUT2D eigenvalue weighted by molar-refractivity contribution is 0.103. The van der Waals surface area contributed by atoms with Gasteiger partial charge in [-0.2, -0.15) is 0 Å². The first-order valence-electron chi connectivity index (χ1n) is 5.22. The molecule has 90 valence electrons. The highest BCUT2D eigenvalue weighted by atomic mass is 16.5. The minimum Gasteiger partial charge on any atom is -0.504 e. The van der Waals surface area contributed by atoms with Crippen LogP contribution in [0.25, 0.3) is 0 Å². The number of fused-ring (bicyclic) bond motifs is 1. The summed E-state index contributed by atoms with van der Waals surface area (Å²) < 4.78 is 15.3. The van der Waals surface area contributed by atoms with Crippen molar-refractivity contribution in [3.05, 3.63) is 35.1 Å². The van der Waals surface area contributed by atoms with Crippen LogP contribution in [0, 0.1) is 0 Å². The number of ether oxygens (including phenoxy) is 3. The fourth-order valence-electron chi connectivity index (χ4n) is 1.97. The van der Waals surface area contributed by atoms with Crippen LogP contribution in [0.2, 0.25) is 0 Å². The Morgan fingerprint density at radius 2 is 1.76 bits per heavy atom. The lowest BCUT2D eigenvalue weighted by atomic mass is 10.1. The van der Waals surface area contributed by atoms with Crippen molar-refractivity contribution in [3.63, 3.8) is 0 Å². The molecule has 0 spiro atoms. The Kier molecular flexibility index (Phi) is 3.04. The van der Waals surface area contributed by atoms with E-state index in [1.807, 2.05) is 6.07 Å². The zero-order chi connectivity index (χ0) is 12.4. The Morgan fingerprint density at radius 1 is 1.12 bits per heavy atom. The third-order valence-electron chi connectivity index (χ3n) is 2.79. The Hall–Kier alpha value is -1.97. The van der Waals surface area contributed by atoms with Gasteiger partial charge in [0.15, 0.2) is 17.3 Å². The largest absolute Gasteiger partial charge is 0.504 e. The zero-order valence-corrected chi connectivity index (χ0v) is 10.1. The number of carbonyl (C=O) groups is 1. The van der Waals surface area contributed by atoms with Crippen LogP contribution in [0.3, 0.4) is 0 Å². The van der Waals surface area contributed by atoms with Crippen LogP contribution in [-0.2, 0) is 11.2 Å². The van der Waals surface area contributed by atoms with Crippen molar-refractivity contribution < 1.29 is 19.0 Å². The molecule has 0 radical (unpaired) electrons. The van der Waals surface area contributed by atoms with Gasteiger partial charge in [0, 0.05) is 17.6 Å². The minimum atomic E-state index is -0.0113. The molecule has 0 atom stereocenters. The van der Waals surface area contributed by atoms with Crippen LogP contribution in [0.5, 0.6) is 11.5 Å². The molecule has 1 aromatic carbocycles. The molecular weight excluding hydrogens is 220 g/mol. The normalized spacial score (nSPS) is 15.9. The van der Waals surface area contributed by atoms with Gasteiger partial charge in [0.25, 0.3) is 0 Å². The molecule has 1 aliphatic carbocycles. The second-order valence-corrected chi connectivity index (χ2v) is 3.75. The highest BCUT2D eigenvalue weighted by Gasteiger charge is 2.27. The predicted molar refractivity (Wildman–Crippen MR) is 62.7 cm³/mol. The van der Waals surface area contributed by atoms with E-state index in [4.69, 9.17) is 14.2 Å². The quantitative estimate of drug-likeness (QED) is 0.592. The summed E-state index contributed by atoms with van der Waals surface area (Å²) in [5.41, 5.74) is 2.25. The van der Waals surface area contributed by atoms with Gasteiger partial charge >= 0.3 is 0 Å². The smallest absolute Gasteiger partial charge is 0.192 e. The summed E-state index contributed by atoms with van der Waals surface area (Å²) in [6.45, 7) is 0. The number of benzene rings is 1. The predicted octanol–water partition coefficient (Wildman–Crippen LogP) is 1.97. The molecule has 0 fully saturated rings. The topological polar surface area (TPSA) is 44.8 Å². The Morgan fingerprint density at radius 3 is 2.35 bits per heavy atom. The van der Waals surface area contributed by atoms with E-state index in [0.717, 1.165) is 5.56 Å². The molecular formula is C13H14O4. The number of hydrogen-bond donors (Lipinski definition) is 0. The number of ketones is 1. The fourth-order valence-corrected chi connectivity index (χ4v) is 1.97.